The van der Waals surface area contributed by atoms with Crippen LogP contribution >= 0.6 is 0 Å². The molecule has 30 heavy (non-hydrogen) atoms. The second-order valence-corrected chi connectivity index (χ2v) is 7.55. The van der Waals surface area contributed by atoms with Crippen molar-refractivity contribution in [1.29, 1.82) is 0 Å². The highest BCUT2D eigenvalue weighted by Crippen LogP contribution is 2.14. The van der Waals surface area contributed by atoms with Gasteiger partial charge in [0, 0.05) is 50.9 Å². The van der Waals surface area contributed by atoms with E-state index in [-0.39, 0.29) is 11.5 Å². The van der Waals surface area contributed by atoms with E-state index in [9.17, 15) is 9.59 Å². The second kappa shape index (κ2) is 8.52. The van der Waals surface area contributed by atoms with E-state index in [1.54, 1.807) is 12.1 Å². The molecule has 2 aromatic heterocycles. The van der Waals surface area contributed by atoms with Crippen molar-refractivity contribution in [3.8, 4) is 5.69 Å². The van der Waals surface area contributed by atoms with Crippen molar-refractivity contribution in [1.82, 2.24) is 24.5 Å². The van der Waals surface area contributed by atoms with Crippen LogP contribution in [0.3, 0.4) is 0 Å². The Bertz CT molecular complexity index is 1080. The summed E-state index contributed by atoms with van der Waals surface area (Å²) in [6.45, 7) is 7.22. The Hall–Kier alpha value is -3.42. The Kier molecular flexibility index (Phi) is 5.65. The highest BCUT2D eigenvalue weighted by molar-refractivity contribution is 5.76. The molecule has 1 aliphatic rings. The predicted octanol–water partition coefficient (Wildman–Crippen LogP) is 1.78. The van der Waals surface area contributed by atoms with Crippen LogP contribution in [0.4, 0.5) is 5.82 Å². The highest BCUT2D eigenvalue weighted by Gasteiger charge is 2.22. The zero-order valence-electron chi connectivity index (χ0n) is 17.4. The van der Waals surface area contributed by atoms with Gasteiger partial charge in [0.05, 0.1) is 11.4 Å². The summed E-state index contributed by atoms with van der Waals surface area (Å²) < 4.78 is 3.31. The van der Waals surface area contributed by atoms with Crippen molar-refractivity contribution in [2.45, 2.75) is 26.8 Å². The summed E-state index contributed by atoms with van der Waals surface area (Å²) in [6, 6.07) is 14.7. The highest BCUT2D eigenvalue weighted by atomic mass is 16.2. The molecule has 0 radical (unpaired) electrons. The third-order valence-corrected chi connectivity index (χ3v) is 5.38. The number of carbonyl (C=O) groups is 1. The Morgan fingerprint density at radius 2 is 1.70 bits per heavy atom. The van der Waals surface area contributed by atoms with Gasteiger partial charge in [0.15, 0.2) is 0 Å². The lowest BCUT2D eigenvalue weighted by Gasteiger charge is -2.35. The van der Waals surface area contributed by atoms with E-state index in [1.165, 1.54) is 4.68 Å². The van der Waals surface area contributed by atoms with Gasteiger partial charge >= 0.3 is 0 Å². The van der Waals surface area contributed by atoms with Gasteiger partial charge in [-0.25, -0.2) is 0 Å². The monoisotopic (exact) mass is 406 g/mol. The summed E-state index contributed by atoms with van der Waals surface area (Å²) in [4.78, 5) is 28.9. The minimum atomic E-state index is -0.164. The van der Waals surface area contributed by atoms with Crippen LogP contribution in [0.2, 0.25) is 0 Å². The maximum absolute atomic E-state index is 12.6. The number of nitrogens with zero attached hydrogens (tertiary/aromatic N) is 6. The van der Waals surface area contributed by atoms with Crippen LogP contribution < -0.4 is 10.5 Å². The fraction of sp³-hybridized carbons (Fsp3) is 0.364. The summed E-state index contributed by atoms with van der Waals surface area (Å²) in [5.74, 6) is 0.887. The molecule has 0 atom stereocenters. The number of amides is 1. The van der Waals surface area contributed by atoms with Crippen LogP contribution in [0.1, 0.15) is 17.8 Å². The van der Waals surface area contributed by atoms with Crippen LogP contribution in [0.15, 0.2) is 53.3 Å². The first-order valence-corrected chi connectivity index (χ1v) is 10.2. The largest absolute Gasteiger partial charge is 0.352 e. The van der Waals surface area contributed by atoms with Crippen LogP contribution in [0.5, 0.6) is 0 Å². The fourth-order valence-electron chi connectivity index (χ4n) is 3.77. The lowest BCUT2D eigenvalue weighted by molar-refractivity contribution is -0.131. The van der Waals surface area contributed by atoms with Crippen molar-refractivity contribution < 1.29 is 4.79 Å². The van der Waals surface area contributed by atoms with Gasteiger partial charge in [-0.2, -0.15) is 9.78 Å². The van der Waals surface area contributed by atoms with Crippen LogP contribution in [-0.2, 0) is 11.3 Å². The smallest absolute Gasteiger partial charge is 0.271 e. The fourth-order valence-corrected chi connectivity index (χ4v) is 3.77. The van der Waals surface area contributed by atoms with E-state index in [0.717, 1.165) is 22.9 Å². The van der Waals surface area contributed by atoms with E-state index in [1.807, 2.05) is 59.8 Å². The van der Waals surface area contributed by atoms with E-state index in [4.69, 9.17) is 0 Å². The molecule has 0 aliphatic carbocycles. The molecule has 4 rings (SSSR count). The molecule has 1 amide bonds. The number of hydrogen-bond donors (Lipinski definition) is 0. The number of piperazine rings is 1. The number of para-hydroxylation sites is 1. The van der Waals surface area contributed by atoms with Crippen LogP contribution in [0, 0.1) is 13.8 Å². The van der Waals surface area contributed by atoms with Crippen molar-refractivity contribution in [2.24, 2.45) is 0 Å². The number of aromatic nitrogens is 4. The van der Waals surface area contributed by atoms with E-state index < -0.39 is 0 Å². The summed E-state index contributed by atoms with van der Waals surface area (Å²) in [5, 5.41) is 8.96. The van der Waals surface area contributed by atoms with Gasteiger partial charge in [-0.15, -0.1) is 5.10 Å². The molecule has 3 heterocycles. The molecule has 1 aromatic carbocycles. The van der Waals surface area contributed by atoms with Gasteiger partial charge in [0.2, 0.25) is 5.91 Å². The molecule has 8 heteroatoms. The minimum absolute atomic E-state index is 0.143. The molecule has 156 valence electrons. The lowest BCUT2D eigenvalue weighted by atomic mass is 10.2. The molecule has 0 spiro atoms. The summed E-state index contributed by atoms with van der Waals surface area (Å²) in [5.41, 5.74) is 2.62. The number of hydrogen-bond acceptors (Lipinski definition) is 5. The third kappa shape index (κ3) is 4.27. The average Bonchev–Trinajstić information content (AvgIpc) is 3.10. The Morgan fingerprint density at radius 3 is 2.37 bits per heavy atom. The lowest BCUT2D eigenvalue weighted by Crippen LogP contribution is -2.49. The topological polar surface area (TPSA) is 76.3 Å². The summed E-state index contributed by atoms with van der Waals surface area (Å²) in [6.07, 6.45) is 0.444. The number of aryl methyl sites for hydroxylation is 3. The van der Waals surface area contributed by atoms with Crippen molar-refractivity contribution >= 4 is 11.7 Å². The standard InChI is InChI=1S/C22H26N6O2/c1-17-16-18(2)27(23-17)11-10-21(29)26-14-12-25(13-15-26)20-8-9-22(30)28(24-20)19-6-4-3-5-7-19/h3-9,16H,10-15H2,1-2H3. The Balaban J connectivity index is 1.37. The molecular weight excluding hydrogens is 380 g/mol. The second-order valence-electron chi connectivity index (χ2n) is 7.55. The van der Waals surface area contributed by atoms with Gasteiger partial charge in [0.1, 0.15) is 5.82 Å². The Labute approximate surface area is 175 Å². The van der Waals surface area contributed by atoms with Crippen LogP contribution in [0.25, 0.3) is 5.69 Å². The zero-order chi connectivity index (χ0) is 21.1. The normalized spacial score (nSPS) is 14.2. The SMILES string of the molecule is Cc1cc(C)n(CCC(=O)N2CCN(c3ccc(=O)n(-c4ccccc4)n3)CC2)n1. The van der Waals surface area contributed by atoms with Crippen LogP contribution in [-0.4, -0.2) is 56.5 Å². The number of anilines is 1. The van der Waals surface area contributed by atoms with E-state index in [0.29, 0.717) is 39.1 Å². The average molecular weight is 406 g/mol. The predicted molar refractivity (Wildman–Crippen MR) is 115 cm³/mol. The van der Waals surface area contributed by atoms with Crippen molar-refractivity contribution in [2.75, 3.05) is 31.1 Å². The summed E-state index contributed by atoms with van der Waals surface area (Å²) in [7, 11) is 0. The molecule has 1 fully saturated rings. The van der Waals surface area contributed by atoms with Gasteiger partial charge in [0.25, 0.3) is 5.56 Å². The van der Waals surface area contributed by atoms with Gasteiger partial charge in [-0.3, -0.25) is 14.3 Å². The molecule has 0 N–H and O–H groups in total. The number of rotatable bonds is 5. The molecule has 0 bridgehead atoms. The van der Waals surface area contributed by atoms with Gasteiger partial charge in [-0.05, 0) is 38.1 Å². The third-order valence-electron chi connectivity index (χ3n) is 5.38. The van der Waals surface area contributed by atoms with Gasteiger partial charge in [-0.1, -0.05) is 18.2 Å². The summed E-state index contributed by atoms with van der Waals surface area (Å²) >= 11 is 0. The van der Waals surface area contributed by atoms with Gasteiger partial charge < -0.3 is 9.80 Å². The van der Waals surface area contributed by atoms with Crippen molar-refractivity contribution in [3.05, 3.63) is 70.3 Å². The molecule has 1 saturated heterocycles. The first kappa shape index (κ1) is 19.9. The first-order chi connectivity index (χ1) is 14.5. The molecule has 8 nitrogen and oxygen atoms in total. The maximum atomic E-state index is 12.6. The van der Waals surface area contributed by atoms with Crippen molar-refractivity contribution in [3.63, 3.8) is 0 Å². The maximum Gasteiger partial charge on any atom is 0.271 e. The molecule has 1 aliphatic heterocycles. The minimum Gasteiger partial charge on any atom is -0.352 e. The first-order valence-electron chi connectivity index (χ1n) is 10.2. The number of benzene rings is 1. The molecular formula is C22H26N6O2. The zero-order valence-corrected chi connectivity index (χ0v) is 17.4. The molecule has 0 saturated carbocycles. The van der Waals surface area contributed by atoms with E-state index >= 15 is 0 Å². The molecule has 0 unspecified atom stereocenters. The number of carbonyl (C=O) groups excluding carboxylic acids is 1. The molecule has 3 aromatic rings. The quantitative estimate of drug-likeness (QED) is 0.646. The Morgan fingerprint density at radius 1 is 0.967 bits per heavy atom. The van der Waals surface area contributed by atoms with E-state index in [2.05, 4.69) is 15.1 Å².